The molecule has 244 valence electrons. The lowest BCUT2D eigenvalue weighted by Gasteiger charge is -2.09. The van der Waals surface area contributed by atoms with E-state index in [1.54, 1.807) is 0 Å². The molecule has 0 aliphatic carbocycles. The third kappa shape index (κ3) is 3.46. The normalized spacial score (nSPS) is 12.4. The van der Waals surface area contributed by atoms with E-state index >= 15 is 0 Å². The average molecular weight is 665 g/mol. The SMILES string of the molecule is Cn1c2cc(-n3c4ccccc4c4ccccc43)ccc2c2c3ccc4c(c3ccc21)c1ccc(-n2c3ccccc3c3ccccc32)cc1n4C. The Morgan fingerprint density at radius 2 is 0.596 bits per heavy atom. The number of para-hydroxylation sites is 4. The molecule has 52 heavy (non-hydrogen) atoms. The molecule has 0 amide bonds. The summed E-state index contributed by atoms with van der Waals surface area (Å²) < 4.78 is 9.56. The number of nitrogens with zero attached hydrogens (tertiary/aromatic N) is 4. The summed E-state index contributed by atoms with van der Waals surface area (Å²) in [5.41, 5.74) is 12.2. The lowest BCUT2D eigenvalue weighted by Crippen LogP contribution is -1.94. The number of hydrogen-bond donors (Lipinski definition) is 0. The van der Waals surface area contributed by atoms with Crippen LogP contribution in [0.3, 0.4) is 0 Å². The molecule has 0 aliphatic heterocycles. The van der Waals surface area contributed by atoms with Gasteiger partial charge in [-0.25, -0.2) is 0 Å². The second kappa shape index (κ2) is 9.93. The summed E-state index contributed by atoms with van der Waals surface area (Å²) >= 11 is 0. The van der Waals surface area contributed by atoms with Crippen LogP contribution in [0.2, 0.25) is 0 Å². The van der Waals surface area contributed by atoms with Crippen molar-refractivity contribution in [2.75, 3.05) is 0 Å². The quantitative estimate of drug-likeness (QED) is 0.175. The molecule has 4 heterocycles. The molecule has 0 unspecified atom stereocenters. The Kier molecular flexibility index (Phi) is 5.34. The summed E-state index contributed by atoms with van der Waals surface area (Å²) in [5, 5.41) is 12.9. The predicted octanol–water partition coefficient (Wildman–Crippen LogP) is 12.3. The first-order chi connectivity index (χ1) is 25.7. The van der Waals surface area contributed by atoms with E-state index in [1.165, 1.54) is 109 Å². The van der Waals surface area contributed by atoms with Gasteiger partial charge in [-0.15, -0.1) is 0 Å². The maximum absolute atomic E-state index is 2.41. The Balaban J connectivity index is 1.09. The maximum Gasteiger partial charge on any atom is 0.0541 e. The standard InChI is InChI=1S/C48H32N4/c1-49-43-25-23-36-35(47(43)37-21-19-29(27-45(37)49)51-39-15-7-3-11-31(39)32-12-4-8-16-40(32)51)24-26-44-48(36)38-22-20-30(28-46(38)50(44)2)52-41-17-9-5-13-33(41)34-14-6-10-18-42(34)52/h3-28H,1-2H3. The molecular weight excluding hydrogens is 633 g/mol. The van der Waals surface area contributed by atoms with Gasteiger partial charge in [0.05, 0.1) is 33.1 Å². The van der Waals surface area contributed by atoms with E-state index in [4.69, 9.17) is 0 Å². The highest BCUT2D eigenvalue weighted by Gasteiger charge is 2.19. The van der Waals surface area contributed by atoms with Crippen molar-refractivity contribution in [1.82, 2.24) is 18.3 Å². The second-order valence-corrected chi connectivity index (χ2v) is 14.3. The number of hydrogen-bond acceptors (Lipinski definition) is 0. The summed E-state index contributed by atoms with van der Waals surface area (Å²) in [7, 11) is 4.41. The van der Waals surface area contributed by atoms with Gasteiger partial charge in [-0.2, -0.15) is 0 Å². The highest BCUT2D eigenvalue weighted by Crippen LogP contribution is 2.42. The fourth-order valence-electron chi connectivity index (χ4n) is 9.46. The number of aromatic nitrogens is 4. The van der Waals surface area contributed by atoms with Gasteiger partial charge in [0.25, 0.3) is 0 Å². The highest BCUT2D eigenvalue weighted by atomic mass is 15.0. The molecular formula is C48H32N4. The van der Waals surface area contributed by atoms with E-state index in [0.29, 0.717) is 0 Å². The van der Waals surface area contributed by atoms with Crippen LogP contribution in [0.5, 0.6) is 0 Å². The fraction of sp³-hybridized carbons (Fsp3) is 0.0417. The van der Waals surface area contributed by atoms with Crippen LogP contribution in [0, 0.1) is 0 Å². The maximum atomic E-state index is 2.41. The Bertz CT molecular complexity index is 3150. The molecule has 12 rings (SSSR count). The van der Waals surface area contributed by atoms with Crippen molar-refractivity contribution in [2.45, 2.75) is 0 Å². The van der Waals surface area contributed by atoms with Crippen molar-refractivity contribution in [2.24, 2.45) is 14.1 Å². The van der Waals surface area contributed by atoms with Crippen LogP contribution in [0.25, 0.3) is 109 Å². The average Bonchev–Trinajstić information content (AvgIpc) is 3.90. The van der Waals surface area contributed by atoms with Crippen LogP contribution < -0.4 is 0 Å². The molecule has 0 saturated heterocycles. The van der Waals surface area contributed by atoms with Gasteiger partial charge in [-0.05, 0) is 71.4 Å². The minimum Gasteiger partial charge on any atom is -0.344 e. The van der Waals surface area contributed by atoms with Gasteiger partial charge < -0.3 is 18.3 Å². The first kappa shape index (κ1) is 28.0. The van der Waals surface area contributed by atoms with Gasteiger partial charge in [0.2, 0.25) is 0 Å². The fourth-order valence-corrected chi connectivity index (χ4v) is 9.46. The minimum absolute atomic E-state index is 1.18. The van der Waals surface area contributed by atoms with Crippen molar-refractivity contribution in [3.63, 3.8) is 0 Å². The van der Waals surface area contributed by atoms with Crippen molar-refractivity contribution < 1.29 is 0 Å². The Morgan fingerprint density at radius 3 is 0.962 bits per heavy atom. The van der Waals surface area contributed by atoms with Gasteiger partial charge in [-0.1, -0.05) is 97.1 Å². The van der Waals surface area contributed by atoms with Gasteiger partial charge >= 0.3 is 0 Å². The molecule has 4 nitrogen and oxygen atoms in total. The molecule has 0 N–H and O–H groups in total. The molecule has 0 fully saturated rings. The van der Waals surface area contributed by atoms with Crippen LogP contribution in [-0.2, 0) is 14.1 Å². The van der Waals surface area contributed by atoms with Crippen LogP contribution in [-0.4, -0.2) is 18.3 Å². The van der Waals surface area contributed by atoms with E-state index in [0.717, 1.165) is 0 Å². The zero-order valence-electron chi connectivity index (χ0n) is 28.8. The van der Waals surface area contributed by atoms with Gasteiger partial charge in [0.15, 0.2) is 0 Å². The summed E-state index contributed by atoms with van der Waals surface area (Å²) in [5.74, 6) is 0. The molecule has 4 aromatic heterocycles. The van der Waals surface area contributed by atoms with Crippen molar-refractivity contribution in [3.8, 4) is 11.4 Å². The van der Waals surface area contributed by atoms with Gasteiger partial charge in [0, 0.05) is 79.6 Å². The Labute approximate surface area is 298 Å². The topological polar surface area (TPSA) is 19.7 Å². The zero-order chi connectivity index (χ0) is 34.2. The summed E-state index contributed by atoms with van der Waals surface area (Å²) in [6.45, 7) is 0. The van der Waals surface area contributed by atoms with E-state index in [1.807, 2.05) is 0 Å². The zero-order valence-corrected chi connectivity index (χ0v) is 28.8. The van der Waals surface area contributed by atoms with Crippen LogP contribution >= 0.6 is 0 Å². The van der Waals surface area contributed by atoms with E-state index < -0.39 is 0 Å². The molecule has 0 radical (unpaired) electrons. The summed E-state index contributed by atoms with van der Waals surface area (Å²) in [6.07, 6.45) is 0. The number of aryl methyl sites for hydroxylation is 2. The van der Waals surface area contributed by atoms with Crippen molar-refractivity contribution in [3.05, 3.63) is 158 Å². The summed E-state index contributed by atoms with van der Waals surface area (Å²) in [6, 6.07) is 58.3. The monoisotopic (exact) mass is 664 g/mol. The molecule has 4 heteroatoms. The third-order valence-corrected chi connectivity index (χ3v) is 11.8. The van der Waals surface area contributed by atoms with Gasteiger partial charge in [-0.3, -0.25) is 0 Å². The molecule has 8 aromatic carbocycles. The molecule has 0 atom stereocenters. The first-order valence-corrected chi connectivity index (χ1v) is 18.0. The lowest BCUT2D eigenvalue weighted by molar-refractivity contribution is 1.01. The van der Waals surface area contributed by atoms with E-state index in [2.05, 4.69) is 190 Å². The number of rotatable bonds is 2. The first-order valence-electron chi connectivity index (χ1n) is 18.0. The van der Waals surface area contributed by atoms with Crippen molar-refractivity contribution >= 4 is 98.0 Å². The number of benzene rings is 8. The third-order valence-electron chi connectivity index (χ3n) is 11.8. The molecule has 0 saturated carbocycles. The number of fused-ring (bicyclic) bond motifs is 15. The van der Waals surface area contributed by atoms with Crippen LogP contribution in [0.1, 0.15) is 0 Å². The molecule has 0 spiro atoms. The highest BCUT2D eigenvalue weighted by molar-refractivity contribution is 6.29. The largest absolute Gasteiger partial charge is 0.344 e. The van der Waals surface area contributed by atoms with Gasteiger partial charge in [0.1, 0.15) is 0 Å². The van der Waals surface area contributed by atoms with E-state index in [9.17, 15) is 0 Å². The Hall–Kier alpha value is -6.78. The van der Waals surface area contributed by atoms with E-state index in [-0.39, 0.29) is 0 Å². The summed E-state index contributed by atoms with van der Waals surface area (Å²) in [4.78, 5) is 0. The predicted molar refractivity (Wildman–Crippen MR) is 221 cm³/mol. The molecule has 0 bridgehead atoms. The lowest BCUT2D eigenvalue weighted by atomic mass is 9.99. The van der Waals surface area contributed by atoms with Crippen LogP contribution in [0.4, 0.5) is 0 Å². The smallest absolute Gasteiger partial charge is 0.0541 e. The minimum atomic E-state index is 1.18. The van der Waals surface area contributed by atoms with Crippen LogP contribution in [0.15, 0.2) is 158 Å². The van der Waals surface area contributed by atoms with Crippen molar-refractivity contribution in [1.29, 1.82) is 0 Å². The second-order valence-electron chi connectivity index (χ2n) is 14.3. The molecule has 12 aromatic rings. The Morgan fingerprint density at radius 1 is 0.269 bits per heavy atom. The molecule has 0 aliphatic rings.